The number of benzene rings is 2. The molecule has 2 aromatic carbocycles. The Balaban J connectivity index is 1.21. The highest BCUT2D eigenvalue weighted by molar-refractivity contribution is 5.29. The first kappa shape index (κ1) is 20.4. The molecular weight excluding hydrogens is 360 g/mol. The molecule has 156 valence electrons. The van der Waals surface area contributed by atoms with Gasteiger partial charge in [0.1, 0.15) is 18.5 Å². The molecule has 4 rings (SSSR count). The van der Waals surface area contributed by atoms with E-state index >= 15 is 0 Å². The van der Waals surface area contributed by atoms with Crippen LogP contribution in [0.2, 0.25) is 0 Å². The Labute approximate surface area is 175 Å². The number of nitrogens with zero attached hydrogens (tertiary/aromatic N) is 2. The van der Waals surface area contributed by atoms with Gasteiger partial charge in [0.2, 0.25) is 0 Å². The first-order valence-electron chi connectivity index (χ1n) is 11.2. The van der Waals surface area contributed by atoms with Crippen LogP contribution in [0.1, 0.15) is 42.4 Å². The van der Waals surface area contributed by atoms with Crippen LogP contribution in [-0.2, 0) is 19.5 Å². The van der Waals surface area contributed by atoms with Gasteiger partial charge < -0.3 is 9.84 Å². The molecule has 0 aromatic heterocycles. The van der Waals surface area contributed by atoms with Crippen molar-refractivity contribution in [3.05, 3.63) is 65.2 Å². The molecule has 4 heteroatoms. The van der Waals surface area contributed by atoms with Gasteiger partial charge in [0.15, 0.2) is 0 Å². The van der Waals surface area contributed by atoms with Gasteiger partial charge in [-0.25, -0.2) is 0 Å². The molecule has 1 unspecified atom stereocenters. The summed E-state index contributed by atoms with van der Waals surface area (Å²) in [4.78, 5) is 4.88. The average Bonchev–Trinajstić information content (AvgIpc) is 3.02. The van der Waals surface area contributed by atoms with Gasteiger partial charge in [-0.15, -0.1) is 0 Å². The third-order valence-electron chi connectivity index (χ3n) is 6.15. The lowest BCUT2D eigenvalue weighted by molar-refractivity contribution is 0.0638. The Morgan fingerprint density at radius 2 is 1.55 bits per heavy atom. The predicted octanol–water partition coefficient (Wildman–Crippen LogP) is 3.86. The van der Waals surface area contributed by atoms with Gasteiger partial charge in [0.05, 0.1) is 0 Å². The standard InChI is InChI=1S/C25H34N2O2/c28-24(19-27-16-13-22-7-3-4-8-23(22)18-27)20-29-25-11-9-21(10-12-25)17-26-14-5-1-2-6-15-26/h3-4,7-12,24,28H,1-2,5-6,13-20H2. The molecule has 0 bridgehead atoms. The number of rotatable bonds is 7. The van der Waals surface area contributed by atoms with Crippen molar-refractivity contribution >= 4 is 0 Å². The minimum atomic E-state index is -0.475. The fourth-order valence-corrected chi connectivity index (χ4v) is 4.50. The van der Waals surface area contributed by atoms with Crippen LogP contribution in [0.3, 0.4) is 0 Å². The summed E-state index contributed by atoms with van der Waals surface area (Å²) in [5.74, 6) is 0.840. The van der Waals surface area contributed by atoms with Crippen molar-refractivity contribution in [3.63, 3.8) is 0 Å². The minimum Gasteiger partial charge on any atom is -0.491 e. The van der Waals surface area contributed by atoms with Crippen LogP contribution in [0.5, 0.6) is 5.75 Å². The van der Waals surface area contributed by atoms with Gasteiger partial charge in [0.25, 0.3) is 0 Å². The van der Waals surface area contributed by atoms with Crippen molar-refractivity contribution in [2.75, 3.05) is 32.8 Å². The summed E-state index contributed by atoms with van der Waals surface area (Å²) in [6.07, 6.45) is 5.97. The van der Waals surface area contributed by atoms with E-state index in [2.05, 4.69) is 46.2 Å². The molecule has 0 spiro atoms. The van der Waals surface area contributed by atoms with Crippen molar-refractivity contribution in [1.29, 1.82) is 0 Å². The second-order valence-electron chi connectivity index (χ2n) is 8.55. The largest absolute Gasteiger partial charge is 0.491 e. The van der Waals surface area contributed by atoms with E-state index in [4.69, 9.17) is 4.74 Å². The summed E-state index contributed by atoms with van der Waals surface area (Å²) in [5, 5.41) is 10.4. The van der Waals surface area contributed by atoms with Crippen LogP contribution < -0.4 is 4.74 Å². The van der Waals surface area contributed by atoms with Crippen LogP contribution in [-0.4, -0.2) is 53.8 Å². The second-order valence-corrected chi connectivity index (χ2v) is 8.55. The van der Waals surface area contributed by atoms with Gasteiger partial charge in [-0.05, 0) is 61.2 Å². The van der Waals surface area contributed by atoms with Gasteiger partial charge in [0, 0.05) is 26.2 Å². The van der Waals surface area contributed by atoms with Crippen LogP contribution in [0.15, 0.2) is 48.5 Å². The SMILES string of the molecule is OC(COc1ccc(CN2CCCCCC2)cc1)CN1CCc2ccccc2C1. The fraction of sp³-hybridized carbons (Fsp3) is 0.520. The topological polar surface area (TPSA) is 35.9 Å². The van der Waals surface area contributed by atoms with Crippen LogP contribution >= 0.6 is 0 Å². The lowest BCUT2D eigenvalue weighted by Crippen LogP contribution is -2.38. The zero-order chi connectivity index (χ0) is 19.9. The van der Waals surface area contributed by atoms with E-state index in [1.54, 1.807) is 0 Å². The molecule has 1 atom stereocenters. The van der Waals surface area contributed by atoms with E-state index in [0.29, 0.717) is 13.2 Å². The Morgan fingerprint density at radius 1 is 0.828 bits per heavy atom. The third kappa shape index (κ3) is 6.05. The van der Waals surface area contributed by atoms with Gasteiger partial charge >= 0.3 is 0 Å². The number of hydrogen-bond donors (Lipinski definition) is 1. The summed E-state index contributed by atoms with van der Waals surface area (Å²) in [6, 6.07) is 17.0. The maximum Gasteiger partial charge on any atom is 0.119 e. The van der Waals surface area contributed by atoms with Gasteiger partial charge in [-0.2, -0.15) is 0 Å². The van der Waals surface area contributed by atoms with Gasteiger partial charge in [-0.3, -0.25) is 9.80 Å². The first-order valence-corrected chi connectivity index (χ1v) is 11.2. The summed E-state index contributed by atoms with van der Waals surface area (Å²) < 4.78 is 5.85. The zero-order valence-electron chi connectivity index (χ0n) is 17.4. The van der Waals surface area contributed by atoms with Crippen LogP contribution in [0.4, 0.5) is 0 Å². The molecule has 2 aromatic rings. The number of aliphatic hydroxyl groups excluding tert-OH is 1. The molecule has 0 amide bonds. The Hall–Kier alpha value is -1.88. The van der Waals surface area contributed by atoms with Crippen LogP contribution in [0, 0.1) is 0 Å². The Kier molecular flexibility index (Phi) is 7.20. The molecule has 0 saturated carbocycles. The van der Waals surface area contributed by atoms with Crippen molar-refractivity contribution in [2.45, 2.75) is 51.3 Å². The molecule has 1 N–H and O–H groups in total. The predicted molar refractivity (Wildman–Crippen MR) is 117 cm³/mol. The van der Waals surface area contributed by atoms with E-state index in [1.165, 1.54) is 55.5 Å². The smallest absolute Gasteiger partial charge is 0.119 e. The molecule has 0 aliphatic carbocycles. The van der Waals surface area contributed by atoms with E-state index in [1.807, 2.05) is 12.1 Å². The normalized spacial score (nSPS) is 19.3. The molecule has 4 nitrogen and oxygen atoms in total. The molecule has 0 radical (unpaired) electrons. The minimum absolute atomic E-state index is 0.337. The molecule has 2 heterocycles. The summed E-state index contributed by atoms with van der Waals surface area (Å²) >= 11 is 0. The average molecular weight is 395 g/mol. The number of likely N-dealkylation sites (tertiary alicyclic amines) is 1. The van der Waals surface area contributed by atoms with Crippen molar-refractivity contribution in [3.8, 4) is 5.75 Å². The second kappa shape index (κ2) is 10.2. The molecule has 29 heavy (non-hydrogen) atoms. The third-order valence-corrected chi connectivity index (χ3v) is 6.15. The molecule has 1 fully saturated rings. The molecular formula is C25H34N2O2. The molecule has 2 aliphatic rings. The van der Waals surface area contributed by atoms with Crippen molar-refractivity contribution in [1.82, 2.24) is 9.80 Å². The highest BCUT2D eigenvalue weighted by Gasteiger charge is 2.18. The number of ether oxygens (including phenoxy) is 1. The number of β-amino-alcohol motifs (C(OH)–C–C–N with tert-alkyl or cyclic N) is 1. The monoisotopic (exact) mass is 394 g/mol. The zero-order valence-corrected chi connectivity index (χ0v) is 17.4. The maximum absolute atomic E-state index is 10.4. The van der Waals surface area contributed by atoms with Crippen molar-refractivity contribution in [2.24, 2.45) is 0 Å². The van der Waals surface area contributed by atoms with Crippen molar-refractivity contribution < 1.29 is 9.84 Å². The Bertz CT molecular complexity index is 754. The fourth-order valence-electron chi connectivity index (χ4n) is 4.50. The number of aliphatic hydroxyl groups is 1. The molecule has 1 saturated heterocycles. The van der Waals surface area contributed by atoms with Gasteiger partial charge in [-0.1, -0.05) is 49.2 Å². The van der Waals surface area contributed by atoms with E-state index in [0.717, 1.165) is 31.8 Å². The lowest BCUT2D eigenvalue weighted by atomic mass is 10.00. The maximum atomic E-state index is 10.4. The first-order chi connectivity index (χ1) is 14.3. The highest BCUT2D eigenvalue weighted by atomic mass is 16.5. The highest BCUT2D eigenvalue weighted by Crippen LogP contribution is 2.19. The summed E-state index contributed by atoms with van der Waals surface area (Å²) in [5.41, 5.74) is 4.16. The van der Waals surface area contributed by atoms with E-state index in [-0.39, 0.29) is 0 Å². The summed E-state index contributed by atoms with van der Waals surface area (Å²) in [6.45, 7) is 6.36. The quantitative estimate of drug-likeness (QED) is 0.774. The van der Waals surface area contributed by atoms with Crippen LogP contribution in [0.25, 0.3) is 0 Å². The number of hydrogen-bond acceptors (Lipinski definition) is 4. The summed E-state index contributed by atoms with van der Waals surface area (Å²) in [7, 11) is 0. The van der Waals surface area contributed by atoms with E-state index < -0.39 is 6.10 Å². The molecule has 2 aliphatic heterocycles. The Morgan fingerprint density at radius 3 is 2.31 bits per heavy atom. The number of fused-ring (bicyclic) bond motifs is 1. The van der Waals surface area contributed by atoms with E-state index in [9.17, 15) is 5.11 Å². The lowest BCUT2D eigenvalue weighted by Gasteiger charge is -2.30.